The normalized spacial score (nSPS) is 17.1. The highest BCUT2D eigenvalue weighted by Crippen LogP contribution is 2.36. The molecule has 0 radical (unpaired) electrons. The minimum absolute atomic E-state index is 0.00922. The molecule has 1 atom stereocenters. The van der Waals surface area contributed by atoms with Gasteiger partial charge in [0.1, 0.15) is 0 Å². The van der Waals surface area contributed by atoms with E-state index in [0.717, 1.165) is 47.9 Å². The van der Waals surface area contributed by atoms with E-state index >= 15 is 0 Å². The summed E-state index contributed by atoms with van der Waals surface area (Å²) in [5, 5.41) is 12.1. The fourth-order valence-corrected chi connectivity index (χ4v) is 3.59. The van der Waals surface area contributed by atoms with E-state index < -0.39 is 23.5 Å². The predicted octanol–water partition coefficient (Wildman–Crippen LogP) is 6.07. The minimum atomic E-state index is -4.84. The molecule has 2 nitrogen and oxygen atoms in total. The van der Waals surface area contributed by atoms with E-state index in [9.17, 15) is 26.3 Å². The molecule has 1 unspecified atom stereocenters. The van der Waals surface area contributed by atoms with Crippen molar-refractivity contribution in [1.29, 1.82) is 0 Å². The van der Waals surface area contributed by atoms with Crippen LogP contribution < -0.4 is 5.32 Å². The average molecular weight is 415 g/mol. The average Bonchev–Trinajstić information content (AvgIpc) is 3.03. The number of nitrogens with one attached hydrogen (secondary N) is 1. The van der Waals surface area contributed by atoms with Gasteiger partial charge in [0.2, 0.25) is 0 Å². The summed E-state index contributed by atoms with van der Waals surface area (Å²) in [6, 6.07) is 7.38. The summed E-state index contributed by atoms with van der Waals surface area (Å²) < 4.78 is 77.7. The van der Waals surface area contributed by atoms with E-state index in [0.29, 0.717) is 0 Å². The highest BCUT2D eigenvalue weighted by Gasteiger charge is 2.36. The summed E-state index contributed by atoms with van der Waals surface area (Å²) in [4.78, 5) is 0. The Kier molecular flexibility index (Phi) is 5.93. The van der Waals surface area contributed by atoms with Crippen LogP contribution in [0.2, 0.25) is 0 Å². The molecular formula is C21H19F6NO. The van der Waals surface area contributed by atoms with Crippen molar-refractivity contribution < 1.29 is 31.4 Å². The Morgan fingerprint density at radius 1 is 0.966 bits per heavy atom. The molecule has 0 saturated carbocycles. The Bertz CT molecular complexity index is 869. The van der Waals surface area contributed by atoms with Crippen LogP contribution in [0.3, 0.4) is 0 Å². The van der Waals surface area contributed by atoms with Gasteiger partial charge in [-0.25, -0.2) is 0 Å². The zero-order chi connectivity index (χ0) is 21.2. The molecule has 8 heteroatoms. The summed E-state index contributed by atoms with van der Waals surface area (Å²) >= 11 is 0. The van der Waals surface area contributed by atoms with Crippen LogP contribution in [-0.4, -0.2) is 11.7 Å². The van der Waals surface area contributed by atoms with Gasteiger partial charge >= 0.3 is 12.4 Å². The van der Waals surface area contributed by atoms with E-state index in [1.807, 2.05) is 18.2 Å². The largest absolute Gasteiger partial charge is 0.516 e. The Balaban J connectivity index is 1.70. The Labute approximate surface area is 163 Å². The lowest BCUT2D eigenvalue weighted by Crippen LogP contribution is -2.22. The van der Waals surface area contributed by atoms with Gasteiger partial charge in [-0.05, 0) is 72.3 Å². The molecule has 2 N–H and O–H groups in total. The van der Waals surface area contributed by atoms with Gasteiger partial charge in [0.05, 0.1) is 17.4 Å². The van der Waals surface area contributed by atoms with Crippen molar-refractivity contribution in [2.45, 2.75) is 37.7 Å². The molecule has 0 aromatic heterocycles. The first-order valence-corrected chi connectivity index (χ1v) is 9.03. The quantitative estimate of drug-likeness (QED) is 0.459. The SMILES string of the molecule is O/C=C/c1ccc2c(c1)CCC2NCCc1cc(C(F)(F)F)cc(C(F)(F)F)c1. The number of fused-ring (bicyclic) bond motifs is 1. The monoisotopic (exact) mass is 415 g/mol. The standard InChI is InChI=1S/C21H19F6NO/c22-20(23,24)16-10-14(11-17(12-16)21(25,26)27)5-7-28-19-4-2-15-9-13(6-8-29)1-3-18(15)19/h1,3,6,8-12,19,28-29H,2,4-5,7H2/b8-6+. The third kappa shape index (κ3) is 5.12. The van der Waals surface area contributed by atoms with Gasteiger partial charge in [0.25, 0.3) is 0 Å². The third-order valence-electron chi connectivity index (χ3n) is 4.96. The summed E-state index contributed by atoms with van der Waals surface area (Å²) in [6.45, 7) is 0.251. The van der Waals surface area contributed by atoms with Crippen LogP contribution in [0.1, 0.15) is 45.8 Å². The number of hydrogen-bond acceptors (Lipinski definition) is 2. The molecule has 1 aliphatic rings. The maximum Gasteiger partial charge on any atom is 0.416 e. The second-order valence-corrected chi connectivity index (χ2v) is 6.98. The van der Waals surface area contributed by atoms with Crippen LogP contribution in [-0.2, 0) is 25.2 Å². The van der Waals surface area contributed by atoms with E-state index in [-0.39, 0.29) is 30.6 Å². The molecule has 0 amide bonds. The summed E-state index contributed by atoms with van der Waals surface area (Å²) in [7, 11) is 0. The van der Waals surface area contributed by atoms with Crippen LogP contribution in [0.5, 0.6) is 0 Å². The van der Waals surface area contributed by atoms with Gasteiger partial charge in [-0.2, -0.15) is 26.3 Å². The minimum Gasteiger partial charge on any atom is -0.516 e. The molecule has 0 aliphatic heterocycles. The van der Waals surface area contributed by atoms with Gasteiger partial charge < -0.3 is 10.4 Å². The van der Waals surface area contributed by atoms with Crippen molar-refractivity contribution in [3.05, 3.63) is 76.0 Å². The van der Waals surface area contributed by atoms with Gasteiger partial charge in [0, 0.05) is 6.04 Å². The molecule has 3 rings (SSSR count). The fourth-order valence-electron chi connectivity index (χ4n) is 3.59. The van der Waals surface area contributed by atoms with E-state index in [1.165, 1.54) is 0 Å². The molecule has 2 aromatic rings. The van der Waals surface area contributed by atoms with Gasteiger partial charge in [-0.15, -0.1) is 0 Å². The second-order valence-electron chi connectivity index (χ2n) is 6.98. The number of aliphatic hydroxyl groups excluding tert-OH is 1. The lowest BCUT2D eigenvalue weighted by Gasteiger charge is -2.16. The topological polar surface area (TPSA) is 32.3 Å². The first kappa shape index (κ1) is 21.2. The molecule has 29 heavy (non-hydrogen) atoms. The molecule has 1 aliphatic carbocycles. The van der Waals surface area contributed by atoms with Crippen molar-refractivity contribution in [1.82, 2.24) is 5.32 Å². The fraction of sp³-hybridized carbons (Fsp3) is 0.333. The number of halogens is 6. The smallest absolute Gasteiger partial charge is 0.416 e. The van der Waals surface area contributed by atoms with E-state index in [1.54, 1.807) is 6.08 Å². The van der Waals surface area contributed by atoms with Crippen molar-refractivity contribution in [3.8, 4) is 0 Å². The number of hydrogen-bond donors (Lipinski definition) is 2. The number of aliphatic hydroxyl groups is 1. The molecule has 0 fully saturated rings. The second kappa shape index (κ2) is 8.10. The Morgan fingerprint density at radius 2 is 1.62 bits per heavy atom. The maximum atomic E-state index is 13.0. The molecule has 2 aromatic carbocycles. The van der Waals surface area contributed by atoms with Gasteiger partial charge in [-0.1, -0.05) is 18.2 Å². The molecule has 0 heterocycles. The van der Waals surface area contributed by atoms with Crippen molar-refractivity contribution in [3.63, 3.8) is 0 Å². The van der Waals surface area contributed by atoms with Crippen molar-refractivity contribution in [2.24, 2.45) is 0 Å². The Morgan fingerprint density at radius 3 is 2.21 bits per heavy atom. The lowest BCUT2D eigenvalue weighted by molar-refractivity contribution is -0.143. The highest BCUT2D eigenvalue weighted by molar-refractivity contribution is 5.52. The lowest BCUT2D eigenvalue weighted by atomic mass is 10.0. The van der Waals surface area contributed by atoms with Crippen molar-refractivity contribution >= 4 is 6.08 Å². The van der Waals surface area contributed by atoms with Crippen LogP contribution in [0, 0.1) is 0 Å². The summed E-state index contributed by atoms with van der Waals surface area (Å²) in [6.07, 6.45) is -5.52. The molecule has 0 saturated heterocycles. The number of alkyl halides is 6. The zero-order valence-corrected chi connectivity index (χ0v) is 15.2. The summed E-state index contributed by atoms with van der Waals surface area (Å²) in [5.41, 5.74) is 0.421. The van der Waals surface area contributed by atoms with E-state index in [2.05, 4.69) is 5.32 Å². The Hall–Kier alpha value is -2.48. The number of benzene rings is 2. The van der Waals surface area contributed by atoms with Crippen molar-refractivity contribution in [2.75, 3.05) is 6.54 Å². The van der Waals surface area contributed by atoms with Crippen LogP contribution in [0.15, 0.2) is 42.7 Å². The van der Waals surface area contributed by atoms with Crippen LogP contribution in [0.25, 0.3) is 6.08 Å². The van der Waals surface area contributed by atoms with Gasteiger partial charge in [0.15, 0.2) is 0 Å². The summed E-state index contributed by atoms with van der Waals surface area (Å²) in [5.74, 6) is 0. The molecular weight excluding hydrogens is 396 g/mol. The molecule has 0 spiro atoms. The van der Waals surface area contributed by atoms with Gasteiger partial charge in [-0.3, -0.25) is 0 Å². The van der Waals surface area contributed by atoms with Crippen LogP contribution in [0.4, 0.5) is 26.3 Å². The zero-order valence-electron chi connectivity index (χ0n) is 15.2. The highest BCUT2D eigenvalue weighted by atomic mass is 19.4. The number of rotatable bonds is 5. The first-order chi connectivity index (χ1) is 13.6. The molecule has 0 bridgehead atoms. The number of aryl methyl sites for hydroxylation is 1. The maximum absolute atomic E-state index is 13.0. The molecule has 156 valence electrons. The van der Waals surface area contributed by atoms with E-state index in [4.69, 9.17) is 5.11 Å². The van der Waals surface area contributed by atoms with Crippen LogP contribution >= 0.6 is 0 Å². The third-order valence-corrected chi connectivity index (χ3v) is 4.96. The first-order valence-electron chi connectivity index (χ1n) is 9.03. The predicted molar refractivity (Wildman–Crippen MR) is 97.3 cm³/mol.